The average molecular weight is 479 g/mol. The molecule has 2 aromatic heterocycles. The smallest absolute Gasteiger partial charge is 0.278 e. The van der Waals surface area contributed by atoms with Gasteiger partial charge in [-0.25, -0.2) is 4.98 Å². The second-order valence-corrected chi connectivity index (χ2v) is 10.5. The molecule has 34 heavy (non-hydrogen) atoms. The van der Waals surface area contributed by atoms with E-state index in [0.717, 1.165) is 87.6 Å². The molecule has 3 aliphatic rings. The molecule has 8 nitrogen and oxygen atoms in total. The number of rotatable bonds is 3. The number of aryl methyl sites for hydroxylation is 1. The number of piperazine rings is 1. The number of carbonyl (C=O) groups is 1. The number of hydrogen-bond donors (Lipinski definition) is 0. The van der Waals surface area contributed by atoms with Crippen LogP contribution in [0, 0.1) is 5.92 Å². The van der Waals surface area contributed by atoms with Gasteiger partial charge in [-0.3, -0.25) is 9.59 Å². The van der Waals surface area contributed by atoms with E-state index in [1.54, 1.807) is 0 Å². The normalized spacial score (nSPS) is 21.1. The van der Waals surface area contributed by atoms with Crippen LogP contribution in [-0.4, -0.2) is 64.7 Å². The summed E-state index contributed by atoms with van der Waals surface area (Å²) in [4.78, 5) is 38.3. The van der Waals surface area contributed by atoms with Crippen LogP contribution >= 0.6 is 11.3 Å². The van der Waals surface area contributed by atoms with Gasteiger partial charge in [-0.1, -0.05) is 29.5 Å². The lowest BCUT2D eigenvalue weighted by molar-refractivity contribution is -0.136. The van der Waals surface area contributed by atoms with Gasteiger partial charge in [0.05, 0.1) is 11.6 Å². The Morgan fingerprint density at radius 2 is 1.74 bits per heavy atom. The van der Waals surface area contributed by atoms with E-state index in [1.807, 2.05) is 11.0 Å². The number of anilines is 2. The molecule has 2 aliphatic heterocycles. The molecule has 1 aromatic carbocycles. The maximum Gasteiger partial charge on any atom is 0.278 e. The molecule has 1 aliphatic carbocycles. The minimum absolute atomic E-state index is 0.0110. The Morgan fingerprint density at radius 1 is 0.941 bits per heavy atom. The van der Waals surface area contributed by atoms with Crippen molar-refractivity contribution in [1.29, 1.82) is 0 Å². The van der Waals surface area contributed by atoms with E-state index < -0.39 is 0 Å². The molecule has 0 radical (unpaired) electrons. The van der Waals surface area contributed by atoms with E-state index in [1.165, 1.54) is 21.5 Å². The highest BCUT2D eigenvalue weighted by Gasteiger charge is 2.32. The second-order valence-electron chi connectivity index (χ2n) is 9.56. The number of hydrogen-bond acceptors (Lipinski definition) is 7. The standard InChI is InChI=1S/C25H30N6O2S/c32-22(29-15-13-28(14-16-29)19-8-2-1-3-9-19)18-7-6-12-30(17-18)25-27-31-23(33)20-10-4-5-11-21(20)26-24(31)34-25/h1-3,8-9,18H,4-7,10-17H2. The summed E-state index contributed by atoms with van der Waals surface area (Å²) in [5.41, 5.74) is 3.00. The molecule has 0 N–H and O–H groups in total. The Balaban J connectivity index is 1.15. The Labute approximate surface area is 202 Å². The molecule has 2 saturated heterocycles. The first-order valence-corrected chi connectivity index (χ1v) is 13.2. The van der Waals surface area contributed by atoms with Crippen LogP contribution in [0.2, 0.25) is 0 Å². The summed E-state index contributed by atoms with van der Waals surface area (Å²) >= 11 is 1.47. The summed E-state index contributed by atoms with van der Waals surface area (Å²) in [6, 6.07) is 10.4. The van der Waals surface area contributed by atoms with Gasteiger partial charge < -0.3 is 14.7 Å². The van der Waals surface area contributed by atoms with E-state index in [2.05, 4.69) is 39.2 Å². The van der Waals surface area contributed by atoms with Gasteiger partial charge in [0.15, 0.2) is 0 Å². The topological polar surface area (TPSA) is 74.0 Å². The summed E-state index contributed by atoms with van der Waals surface area (Å²) in [5.74, 6) is 0.228. The average Bonchev–Trinajstić information content (AvgIpc) is 3.34. The van der Waals surface area contributed by atoms with Gasteiger partial charge in [0.2, 0.25) is 16.0 Å². The van der Waals surface area contributed by atoms with Crippen molar-refractivity contribution in [1.82, 2.24) is 19.5 Å². The van der Waals surface area contributed by atoms with Gasteiger partial charge >= 0.3 is 0 Å². The fraction of sp³-hybridized carbons (Fsp3) is 0.520. The Morgan fingerprint density at radius 3 is 2.56 bits per heavy atom. The molecule has 0 saturated carbocycles. The number of piperidine rings is 1. The summed E-state index contributed by atoms with van der Waals surface area (Å²) in [7, 11) is 0. The highest BCUT2D eigenvalue weighted by Crippen LogP contribution is 2.29. The third-order valence-corrected chi connectivity index (χ3v) is 8.39. The van der Waals surface area contributed by atoms with Crippen molar-refractivity contribution in [3.63, 3.8) is 0 Å². The molecule has 1 atom stereocenters. The number of nitrogens with zero attached hydrogens (tertiary/aromatic N) is 6. The number of fused-ring (bicyclic) bond motifs is 2. The van der Waals surface area contributed by atoms with Crippen LogP contribution in [0.4, 0.5) is 10.8 Å². The quantitative estimate of drug-likeness (QED) is 0.576. The minimum atomic E-state index is -0.0260. The number of benzene rings is 1. The Bertz CT molecular complexity index is 1250. The zero-order valence-corrected chi connectivity index (χ0v) is 20.2. The van der Waals surface area contributed by atoms with Crippen LogP contribution < -0.4 is 15.4 Å². The Hall–Kier alpha value is -2.94. The number of aromatic nitrogens is 3. The molecular formula is C25H30N6O2S. The van der Waals surface area contributed by atoms with Crippen molar-refractivity contribution >= 4 is 33.0 Å². The van der Waals surface area contributed by atoms with Crippen LogP contribution in [0.5, 0.6) is 0 Å². The predicted molar refractivity (Wildman–Crippen MR) is 134 cm³/mol. The Kier molecular flexibility index (Phi) is 5.72. The summed E-state index contributed by atoms with van der Waals surface area (Å²) in [6.45, 7) is 4.77. The first-order chi connectivity index (χ1) is 16.7. The van der Waals surface area contributed by atoms with E-state index in [4.69, 9.17) is 4.98 Å². The molecule has 178 valence electrons. The van der Waals surface area contributed by atoms with Crippen LogP contribution in [0.3, 0.4) is 0 Å². The summed E-state index contributed by atoms with van der Waals surface area (Å²) in [6.07, 6.45) is 5.68. The zero-order chi connectivity index (χ0) is 23.1. The van der Waals surface area contributed by atoms with Crippen LogP contribution in [0.15, 0.2) is 35.1 Å². The van der Waals surface area contributed by atoms with Gasteiger partial charge in [0, 0.05) is 50.5 Å². The maximum atomic E-state index is 13.4. The predicted octanol–water partition coefficient (Wildman–Crippen LogP) is 2.60. The van der Waals surface area contributed by atoms with Gasteiger partial charge in [0.25, 0.3) is 5.56 Å². The monoisotopic (exact) mass is 478 g/mol. The van der Waals surface area contributed by atoms with Crippen LogP contribution in [-0.2, 0) is 17.6 Å². The first kappa shape index (κ1) is 21.6. The summed E-state index contributed by atoms with van der Waals surface area (Å²) in [5, 5.41) is 5.45. The molecule has 4 heterocycles. The fourth-order valence-electron chi connectivity index (χ4n) is 5.52. The molecule has 9 heteroatoms. The second kappa shape index (κ2) is 9.02. The third kappa shape index (κ3) is 3.96. The van der Waals surface area contributed by atoms with Gasteiger partial charge in [0.1, 0.15) is 0 Å². The van der Waals surface area contributed by atoms with Crippen LogP contribution in [0.1, 0.15) is 36.9 Å². The number of amides is 1. The number of carbonyl (C=O) groups excluding carboxylic acids is 1. The number of para-hydroxylation sites is 1. The SMILES string of the molecule is O=C(C1CCCN(c2nn3c(=O)c4c(nc3s2)CCCC4)C1)N1CCN(c2ccccc2)CC1. The van der Waals surface area contributed by atoms with Crippen molar-refractivity contribution in [2.45, 2.75) is 38.5 Å². The third-order valence-electron chi connectivity index (χ3n) is 7.42. The molecular weight excluding hydrogens is 448 g/mol. The molecule has 2 fully saturated rings. The van der Waals surface area contributed by atoms with Gasteiger partial charge in [-0.05, 0) is 50.7 Å². The van der Waals surface area contributed by atoms with Crippen LogP contribution in [0.25, 0.3) is 4.96 Å². The minimum Gasteiger partial charge on any atom is -0.368 e. The molecule has 0 spiro atoms. The molecule has 3 aromatic rings. The largest absolute Gasteiger partial charge is 0.368 e. The highest BCUT2D eigenvalue weighted by atomic mass is 32.1. The lowest BCUT2D eigenvalue weighted by atomic mass is 9.96. The first-order valence-electron chi connectivity index (χ1n) is 12.4. The van der Waals surface area contributed by atoms with E-state index >= 15 is 0 Å². The van der Waals surface area contributed by atoms with E-state index in [-0.39, 0.29) is 17.4 Å². The molecule has 6 rings (SSSR count). The fourth-order valence-corrected chi connectivity index (χ4v) is 6.47. The zero-order valence-electron chi connectivity index (χ0n) is 19.4. The summed E-state index contributed by atoms with van der Waals surface area (Å²) < 4.78 is 1.48. The van der Waals surface area contributed by atoms with Crippen molar-refractivity contribution in [2.24, 2.45) is 5.92 Å². The lowest BCUT2D eigenvalue weighted by Crippen LogP contribution is -2.52. The van der Waals surface area contributed by atoms with Crippen molar-refractivity contribution < 1.29 is 4.79 Å². The highest BCUT2D eigenvalue weighted by molar-refractivity contribution is 7.20. The lowest BCUT2D eigenvalue weighted by Gasteiger charge is -2.39. The maximum absolute atomic E-state index is 13.4. The molecule has 0 bridgehead atoms. The van der Waals surface area contributed by atoms with Crippen molar-refractivity contribution in [3.8, 4) is 0 Å². The van der Waals surface area contributed by atoms with E-state index in [9.17, 15) is 9.59 Å². The van der Waals surface area contributed by atoms with E-state index in [0.29, 0.717) is 11.5 Å². The molecule has 1 amide bonds. The van der Waals surface area contributed by atoms with Gasteiger partial charge in [-0.15, -0.1) is 5.10 Å². The molecule has 1 unspecified atom stereocenters. The van der Waals surface area contributed by atoms with Gasteiger partial charge in [-0.2, -0.15) is 4.52 Å². The van der Waals surface area contributed by atoms with Crippen molar-refractivity contribution in [2.75, 3.05) is 49.1 Å². The van der Waals surface area contributed by atoms with Crippen molar-refractivity contribution in [3.05, 3.63) is 51.9 Å².